The van der Waals surface area contributed by atoms with Crippen molar-refractivity contribution in [2.45, 2.75) is 26.3 Å². The summed E-state index contributed by atoms with van der Waals surface area (Å²) in [6.45, 7) is 7.35. The second-order valence-corrected chi connectivity index (χ2v) is 7.25. The molecular formula is C20H24N4O4. The molecular weight excluding hydrogens is 360 g/mol. The molecule has 1 N–H and O–H groups in total. The van der Waals surface area contributed by atoms with E-state index in [9.17, 15) is 20.0 Å². The fourth-order valence-corrected chi connectivity index (χ4v) is 3.55. The van der Waals surface area contributed by atoms with Crippen LogP contribution in [0.3, 0.4) is 0 Å². The Bertz CT molecular complexity index is 876. The zero-order chi connectivity index (χ0) is 20.3. The van der Waals surface area contributed by atoms with Crippen LogP contribution in [0.1, 0.15) is 41.3 Å². The van der Waals surface area contributed by atoms with Crippen LogP contribution in [0.5, 0.6) is 0 Å². The molecule has 0 radical (unpaired) electrons. The normalized spacial score (nSPS) is 15.0. The Hall–Kier alpha value is -3.00. The van der Waals surface area contributed by atoms with Crippen molar-refractivity contribution in [1.29, 1.82) is 0 Å². The highest BCUT2D eigenvalue weighted by atomic mass is 16.6. The Morgan fingerprint density at radius 2 is 1.96 bits per heavy atom. The third kappa shape index (κ3) is 4.28. The number of rotatable bonds is 6. The van der Waals surface area contributed by atoms with Crippen LogP contribution in [-0.4, -0.2) is 52.1 Å². The molecule has 0 bridgehead atoms. The molecule has 3 rings (SSSR count). The van der Waals surface area contributed by atoms with Crippen molar-refractivity contribution in [1.82, 2.24) is 9.88 Å². The molecule has 2 heterocycles. The number of hydrogen-bond acceptors (Lipinski definition) is 6. The highest BCUT2D eigenvalue weighted by molar-refractivity contribution is 5.95. The maximum absolute atomic E-state index is 11.9. The van der Waals surface area contributed by atoms with E-state index < -0.39 is 5.97 Å². The molecule has 2 aromatic rings. The summed E-state index contributed by atoms with van der Waals surface area (Å²) in [6.07, 6.45) is 1.67. The third-order valence-electron chi connectivity index (χ3n) is 5.00. The van der Waals surface area contributed by atoms with Crippen LogP contribution in [0.25, 0.3) is 0 Å². The lowest BCUT2D eigenvalue weighted by atomic mass is 9.98. The zero-order valence-electron chi connectivity index (χ0n) is 16.0. The summed E-state index contributed by atoms with van der Waals surface area (Å²) in [4.78, 5) is 31.0. The maximum Gasteiger partial charge on any atom is 0.339 e. The average Bonchev–Trinajstić information content (AvgIpc) is 2.68. The van der Waals surface area contributed by atoms with Gasteiger partial charge in [-0.1, -0.05) is 26.0 Å². The summed E-state index contributed by atoms with van der Waals surface area (Å²) in [5.74, 6) is -0.331. The summed E-state index contributed by atoms with van der Waals surface area (Å²) in [5, 5.41) is 20.6. The third-order valence-corrected chi connectivity index (χ3v) is 5.00. The summed E-state index contributed by atoms with van der Waals surface area (Å²) in [7, 11) is 0. The van der Waals surface area contributed by atoms with Gasteiger partial charge in [0, 0.05) is 51.1 Å². The first-order chi connectivity index (χ1) is 13.4. The molecule has 0 unspecified atom stereocenters. The minimum atomic E-state index is -0.953. The number of benzene rings is 1. The van der Waals surface area contributed by atoms with Crippen molar-refractivity contribution >= 4 is 17.5 Å². The molecule has 0 atom stereocenters. The summed E-state index contributed by atoms with van der Waals surface area (Å²) in [5.41, 5.74) is 2.06. The van der Waals surface area contributed by atoms with E-state index in [0.717, 1.165) is 24.2 Å². The Kier molecular flexibility index (Phi) is 5.89. The number of carboxylic acids is 1. The van der Waals surface area contributed by atoms with E-state index >= 15 is 0 Å². The number of nitro benzene ring substituents is 1. The van der Waals surface area contributed by atoms with Gasteiger partial charge < -0.3 is 10.0 Å². The quantitative estimate of drug-likeness (QED) is 0.603. The van der Waals surface area contributed by atoms with Gasteiger partial charge in [-0.15, -0.1) is 0 Å². The number of aromatic nitrogens is 1. The molecule has 1 saturated heterocycles. The standard InChI is InChI=1S/C20H24N4O4/c1-14(2)17-6-7-21-19(18(17)20(25)26)23-10-8-22(9-11-23)13-15-4-3-5-16(12-15)24(27)28/h3-7,12,14H,8-11,13H2,1-2H3,(H,25,26). The number of nitrogens with zero attached hydrogens (tertiary/aromatic N) is 4. The maximum atomic E-state index is 11.9. The van der Waals surface area contributed by atoms with Crippen LogP contribution >= 0.6 is 0 Å². The van der Waals surface area contributed by atoms with Gasteiger partial charge in [0.25, 0.3) is 5.69 Å². The monoisotopic (exact) mass is 384 g/mol. The molecule has 0 aliphatic carbocycles. The second-order valence-electron chi connectivity index (χ2n) is 7.25. The molecule has 8 nitrogen and oxygen atoms in total. The van der Waals surface area contributed by atoms with Crippen LogP contribution in [-0.2, 0) is 6.54 Å². The number of piperazine rings is 1. The van der Waals surface area contributed by atoms with Gasteiger partial charge in [0.15, 0.2) is 0 Å². The Labute approximate surface area is 163 Å². The first-order valence-corrected chi connectivity index (χ1v) is 9.29. The highest BCUT2D eigenvalue weighted by Gasteiger charge is 2.25. The van der Waals surface area contributed by atoms with E-state index in [0.29, 0.717) is 25.5 Å². The van der Waals surface area contributed by atoms with E-state index in [1.807, 2.05) is 24.8 Å². The van der Waals surface area contributed by atoms with Crippen LogP contribution in [0.2, 0.25) is 0 Å². The van der Waals surface area contributed by atoms with Crippen molar-refractivity contribution in [2.75, 3.05) is 31.1 Å². The minimum absolute atomic E-state index is 0.0944. The lowest BCUT2D eigenvalue weighted by Crippen LogP contribution is -2.46. The topological polar surface area (TPSA) is 99.8 Å². The molecule has 1 fully saturated rings. The van der Waals surface area contributed by atoms with Gasteiger partial charge in [-0.25, -0.2) is 9.78 Å². The molecule has 1 aromatic carbocycles. The average molecular weight is 384 g/mol. The van der Waals surface area contributed by atoms with E-state index in [-0.39, 0.29) is 22.1 Å². The SMILES string of the molecule is CC(C)c1ccnc(N2CCN(Cc3cccc([N+](=O)[O-])c3)CC2)c1C(=O)O. The van der Waals surface area contributed by atoms with Crippen molar-refractivity contribution < 1.29 is 14.8 Å². The number of anilines is 1. The van der Waals surface area contributed by atoms with Gasteiger partial charge in [-0.3, -0.25) is 15.0 Å². The number of nitro groups is 1. The molecule has 148 valence electrons. The van der Waals surface area contributed by atoms with E-state index in [2.05, 4.69) is 9.88 Å². The zero-order valence-corrected chi connectivity index (χ0v) is 16.0. The van der Waals surface area contributed by atoms with E-state index in [1.54, 1.807) is 24.4 Å². The molecule has 0 saturated carbocycles. The molecule has 8 heteroatoms. The number of carboxylic acid groups (broad SMARTS) is 1. The summed E-state index contributed by atoms with van der Waals surface area (Å²) < 4.78 is 0. The molecule has 0 spiro atoms. The van der Waals surface area contributed by atoms with Gasteiger partial charge in [-0.05, 0) is 23.1 Å². The fourth-order valence-electron chi connectivity index (χ4n) is 3.55. The first kappa shape index (κ1) is 19.8. The lowest BCUT2D eigenvalue weighted by Gasteiger charge is -2.36. The Morgan fingerprint density at radius 3 is 2.57 bits per heavy atom. The number of hydrogen-bond donors (Lipinski definition) is 1. The lowest BCUT2D eigenvalue weighted by molar-refractivity contribution is -0.384. The predicted octanol–water partition coefficient (Wildman–Crippen LogP) is 3.13. The van der Waals surface area contributed by atoms with E-state index in [4.69, 9.17) is 0 Å². The predicted molar refractivity (Wildman–Crippen MR) is 106 cm³/mol. The van der Waals surface area contributed by atoms with Crippen LogP contribution < -0.4 is 4.90 Å². The Balaban J connectivity index is 1.71. The minimum Gasteiger partial charge on any atom is -0.478 e. The van der Waals surface area contributed by atoms with E-state index in [1.165, 1.54) is 6.07 Å². The molecule has 0 amide bonds. The Morgan fingerprint density at radius 1 is 1.25 bits per heavy atom. The largest absolute Gasteiger partial charge is 0.478 e. The number of pyridine rings is 1. The second kappa shape index (κ2) is 8.35. The van der Waals surface area contributed by atoms with Crippen LogP contribution in [0, 0.1) is 10.1 Å². The molecule has 1 aliphatic rings. The molecule has 1 aliphatic heterocycles. The summed E-state index contributed by atoms with van der Waals surface area (Å²) in [6, 6.07) is 8.45. The van der Waals surface area contributed by atoms with Crippen LogP contribution in [0.4, 0.5) is 11.5 Å². The van der Waals surface area contributed by atoms with Crippen LogP contribution in [0.15, 0.2) is 36.5 Å². The van der Waals surface area contributed by atoms with Gasteiger partial charge in [0.05, 0.1) is 4.92 Å². The number of non-ortho nitro benzene ring substituents is 1. The molecule has 1 aromatic heterocycles. The van der Waals surface area contributed by atoms with Gasteiger partial charge in [-0.2, -0.15) is 0 Å². The first-order valence-electron chi connectivity index (χ1n) is 9.29. The van der Waals surface area contributed by atoms with Crippen molar-refractivity contribution in [3.63, 3.8) is 0 Å². The van der Waals surface area contributed by atoms with Crippen molar-refractivity contribution in [3.05, 3.63) is 63.3 Å². The number of carbonyl (C=O) groups is 1. The molecule has 28 heavy (non-hydrogen) atoms. The fraction of sp³-hybridized carbons (Fsp3) is 0.400. The van der Waals surface area contributed by atoms with Gasteiger partial charge in [0.1, 0.15) is 11.4 Å². The van der Waals surface area contributed by atoms with Crippen molar-refractivity contribution in [2.24, 2.45) is 0 Å². The number of aromatic carboxylic acids is 1. The highest BCUT2D eigenvalue weighted by Crippen LogP contribution is 2.28. The van der Waals surface area contributed by atoms with Crippen molar-refractivity contribution in [3.8, 4) is 0 Å². The summed E-state index contributed by atoms with van der Waals surface area (Å²) >= 11 is 0. The van der Waals surface area contributed by atoms with Gasteiger partial charge in [0.2, 0.25) is 0 Å². The van der Waals surface area contributed by atoms with Gasteiger partial charge >= 0.3 is 5.97 Å². The smallest absolute Gasteiger partial charge is 0.339 e.